The van der Waals surface area contributed by atoms with Crippen LogP contribution in [0.15, 0.2) is 24.4 Å². The van der Waals surface area contributed by atoms with Gasteiger partial charge in [0.2, 0.25) is 0 Å². The summed E-state index contributed by atoms with van der Waals surface area (Å²) in [5, 5.41) is 12.2. The highest BCUT2D eigenvalue weighted by molar-refractivity contribution is 5.42. The molecule has 0 aliphatic heterocycles. The van der Waals surface area contributed by atoms with Crippen molar-refractivity contribution in [1.82, 2.24) is 14.7 Å². The minimum absolute atomic E-state index is 0.253. The first-order chi connectivity index (χ1) is 8.76. The van der Waals surface area contributed by atoms with E-state index < -0.39 is 0 Å². The monoisotopic (exact) mass is 242 g/mol. The van der Waals surface area contributed by atoms with Gasteiger partial charge in [-0.25, -0.2) is 4.98 Å². The Kier molecular flexibility index (Phi) is 3.96. The number of rotatable bonds is 5. The molecule has 0 aliphatic carbocycles. The lowest BCUT2D eigenvalue weighted by Gasteiger charge is -2.13. The molecule has 0 bridgehead atoms. The van der Waals surface area contributed by atoms with Crippen molar-refractivity contribution in [1.29, 1.82) is 5.26 Å². The van der Waals surface area contributed by atoms with E-state index >= 15 is 0 Å². The molecule has 4 nitrogen and oxygen atoms in total. The number of aryl methyl sites for hydroxylation is 1. The molecule has 0 aliphatic rings. The maximum atomic E-state index is 8.74. The van der Waals surface area contributed by atoms with Gasteiger partial charge in [0.25, 0.3) is 0 Å². The standard InChI is InChI=1S/C14H18N4/c1-3-12(7-8-15)16-10-13-11(2)17-14-6-4-5-9-18(13)14/h4-6,9,12,16H,3,7,10H2,1-2H3. The summed E-state index contributed by atoms with van der Waals surface area (Å²) < 4.78 is 2.10. The number of aromatic nitrogens is 2. The molecule has 2 heterocycles. The molecule has 0 radical (unpaired) electrons. The molecule has 1 unspecified atom stereocenters. The maximum absolute atomic E-state index is 8.74. The smallest absolute Gasteiger partial charge is 0.137 e. The SMILES string of the molecule is CCC(CC#N)NCc1c(C)nc2ccccn12. The van der Waals surface area contributed by atoms with E-state index in [1.165, 1.54) is 5.69 Å². The average Bonchev–Trinajstić information content (AvgIpc) is 2.70. The Hall–Kier alpha value is -1.86. The molecule has 0 amide bonds. The van der Waals surface area contributed by atoms with E-state index in [4.69, 9.17) is 5.26 Å². The first-order valence-electron chi connectivity index (χ1n) is 6.29. The Morgan fingerprint density at radius 2 is 2.33 bits per heavy atom. The summed E-state index contributed by atoms with van der Waals surface area (Å²) in [5.41, 5.74) is 3.18. The number of fused-ring (bicyclic) bond motifs is 1. The van der Waals surface area contributed by atoms with Gasteiger partial charge >= 0.3 is 0 Å². The lowest BCUT2D eigenvalue weighted by molar-refractivity contribution is 0.499. The molecule has 0 fully saturated rings. The highest BCUT2D eigenvalue weighted by Gasteiger charge is 2.10. The highest BCUT2D eigenvalue weighted by Crippen LogP contribution is 2.12. The summed E-state index contributed by atoms with van der Waals surface area (Å²) in [6.45, 7) is 4.86. The molecular weight excluding hydrogens is 224 g/mol. The predicted octanol–water partition coefficient (Wildman–Crippen LogP) is 2.42. The van der Waals surface area contributed by atoms with Gasteiger partial charge in [0.15, 0.2) is 0 Å². The Morgan fingerprint density at radius 1 is 1.50 bits per heavy atom. The molecule has 0 saturated heterocycles. The number of nitrogens with zero attached hydrogens (tertiary/aromatic N) is 3. The molecule has 94 valence electrons. The van der Waals surface area contributed by atoms with Crippen LogP contribution in [0.1, 0.15) is 31.2 Å². The van der Waals surface area contributed by atoms with E-state index in [2.05, 4.69) is 27.7 Å². The van der Waals surface area contributed by atoms with Crippen molar-refractivity contribution in [2.75, 3.05) is 0 Å². The van der Waals surface area contributed by atoms with E-state index in [1.807, 2.05) is 31.3 Å². The van der Waals surface area contributed by atoms with Crippen LogP contribution < -0.4 is 5.32 Å². The molecule has 2 rings (SSSR count). The Balaban J connectivity index is 2.16. The van der Waals surface area contributed by atoms with Crippen LogP contribution in [0.4, 0.5) is 0 Å². The zero-order valence-electron chi connectivity index (χ0n) is 10.8. The fourth-order valence-electron chi connectivity index (χ4n) is 2.09. The van der Waals surface area contributed by atoms with E-state index in [9.17, 15) is 0 Å². The number of hydrogen-bond acceptors (Lipinski definition) is 3. The molecule has 2 aromatic heterocycles. The van der Waals surface area contributed by atoms with Crippen molar-refractivity contribution < 1.29 is 0 Å². The number of nitrogens with one attached hydrogen (secondary N) is 1. The molecule has 1 N–H and O–H groups in total. The topological polar surface area (TPSA) is 53.1 Å². The summed E-state index contributed by atoms with van der Waals surface area (Å²) in [6.07, 6.45) is 3.53. The van der Waals surface area contributed by atoms with Gasteiger partial charge in [-0.1, -0.05) is 13.0 Å². The number of pyridine rings is 1. The second-order valence-electron chi connectivity index (χ2n) is 4.42. The Bertz CT molecular complexity index is 565. The van der Waals surface area contributed by atoms with Crippen molar-refractivity contribution in [3.63, 3.8) is 0 Å². The molecule has 0 saturated carbocycles. The van der Waals surface area contributed by atoms with Gasteiger partial charge in [0, 0.05) is 18.8 Å². The summed E-state index contributed by atoms with van der Waals surface area (Å²) in [6, 6.07) is 8.47. The first-order valence-corrected chi connectivity index (χ1v) is 6.29. The summed E-state index contributed by atoms with van der Waals surface area (Å²) in [5.74, 6) is 0. The quantitative estimate of drug-likeness (QED) is 0.876. The summed E-state index contributed by atoms with van der Waals surface area (Å²) in [7, 11) is 0. The van der Waals surface area contributed by atoms with Crippen molar-refractivity contribution in [3.05, 3.63) is 35.8 Å². The molecular formula is C14H18N4. The third-order valence-corrected chi connectivity index (χ3v) is 3.22. The molecule has 4 heteroatoms. The minimum Gasteiger partial charge on any atom is -0.307 e. The van der Waals surface area contributed by atoms with Crippen LogP contribution >= 0.6 is 0 Å². The van der Waals surface area contributed by atoms with Gasteiger partial charge in [0.05, 0.1) is 23.9 Å². The van der Waals surface area contributed by atoms with E-state index in [1.54, 1.807) is 0 Å². The van der Waals surface area contributed by atoms with E-state index in [0.29, 0.717) is 6.42 Å². The maximum Gasteiger partial charge on any atom is 0.137 e. The van der Waals surface area contributed by atoms with E-state index in [0.717, 1.165) is 24.3 Å². The third kappa shape index (κ3) is 2.52. The fraction of sp³-hybridized carbons (Fsp3) is 0.429. The number of nitriles is 1. The lowest BCUT2D eigenvalue weighted by Crippen LogP contribution is -2.28. The normalized spacial score (nSPS) is 12.5. The zero-order valence-corrected chi connectivity index (χ0v) is 10.8. The number of hydrogen-bond donors (Lipinski definition) is 1. The Labute approximate surface area is 107 Å². The van der Waals surface area contributed by atoms with Gasteiger partial charge in [-0.2, -0.15) is 5.26 Å². The Morgan fingerprint density at radius 3 is 3.06 bits per heavy atom. The third-order valence-electron chi connectivity index (χ3n) is 3.22. The van der Waals surface area contributed by atoms with Gasteiger partial charge in [-0.05, 0) is 25.5 Å². The van der Waals surface area contributed by atoms with Gasteiger partial charge in [-0.15, -0.1) is 0 Å². The van der Waals surface area contributed by atoms with Crippen LogP contribution in [0.25, 0.3) is 5.65 Å². The van der Waals surface area contributed by atoms with Crippen molar-refractivity contribution in [2.45, 2.75) is 39.3 Å². The molecule has 2 aromatic rings. The largest absolute Gasteiger partial charge is 0.307 e. The zero-order chi connectivity index (χ0) is 13.0. The molecule has 0 aromatic carbocycles. The van der Waals surface area contributed by atoms with Crippen LogP contribution in [-0.2, 0) is 6.54 Å². The van der Waals surface area contributed by atoms with Gasteiger partial charge in [-0.3, -0.25) is 0 Å². The van der Waals surface area contributed by atoms with Crippen LogP contribution in [0.3, 0.4) is 0 Å². The number of imidazole rings is 1. The highest BCUT2D eigenvalue weighted by atomic mass is 15.0. The second-order valence-corrected chi connectivity index (χ2v) is 4.42. The molecule has 0 spiro atoms. The van der Waals surface area contributed by atoms with Crippen molar-refractivity contribution in [3.8, 4) is 6.07 Å². The van der Waals surface area contributed by atoms with Gasteiger partial charge < -0.3 is 9.72 Å². The van der Waals surface area contributed by atoms with Crippen LogP contribution in [0.5, 0.6) is 0 Å². The van der Waals surface area contributed by atoms with Gasteiger partial charge in [0.1, 0.15) is 5.65 Å². The lowest BCUT2D eigenvalue weighted by atomic mass is 10.1. The average molecular weight is 242 g/mol. The summed E-state index contributed by atoms with van der Waals surface area (Å²) in [4.78, 5) is 4.52. The molecule has 1 atom stereocenters. The van der Waals surface area contributed by atoms with Crippen LogP contribution in [0, 0.1) is 18.3 Å². The minimum atomic E-state index is 0.253. The fourth-order valence-corrected chi connectivity index (χ4v) is 2.09. The first kappa shape index (κ1) is 12.6. The van der Waals surface area contributed by atoms with Crippen LogP contribution in [-0.4, -0.2) is 15.4 Å². The van der Waals surface area contributed by atoms with Crippen molar-refractivity contribution in [2.24, 2.45) is 0 Å². The predicted molar refractivity (Wildman–Crippen MR) is 71.1 cm³/mol. The second kappa shape index (κ2) is 5.65. The van der Waals surface area contributed by atoms with Crippen molar-refractivity contribution >= 4 is 5.65 Å². The van der Waals surface area contributed by atoms with E-state index in [-0.39, 0.29) is 6.04 Å². The molecule has 18 heavy (non-hydrogen) atoms. The van der Waals surface area contributed by atoms with Crippen LogP contribution in [0.2, 0.25) is 0 Å². The summed E-state index contributed by atoms with van der Waals surface area (Å²) >= 11 is 0.